The smallest absolute Gasteiger partial charge is 0.191 e. The summed E-state index contributed by atoms with van der Waals surface area (Å²) in [7, 11) is -3.14. The van der Waals surface area contributed by atoms with E-state index in [2.05, 4.69) is 41.2 Å². The first kappa shape index (κ1) is 27.1. The van der Waals surface area contributed by atoms with Gasteiger partial charge in [0.15, 0.2) is 15.8 Å². The molecule has 2 rings (SSSR count). The molecule has 0 saturated carbocycles. The average Bonchev–Trinajstić information content (AvgIpc) is 2.71. The number of guanidine groups is 1. The first-order chi connectivity index (χ1) is 13.8. The van der Waals surface area contributed by atoms with Gasteiger partial charge in [-0.3, -0.25) is 9.89 Å². The summed E-state index contributed by atoms with van der Waals surface area (Å²) in [6, 6.07) is 7.52. The highest BCUT2D eigenvalue weighted by molar-refractivity contribution is 14.0. The summed E-state index contributed by atoms with van der Waals surface area (Å²) in [5.41, 5.74) is 1.10. The van der Waals surface area contributed by atoms with Gasteiger partial charge in [-0.1, -0.05) is 19.1 Å². The van der Waals surface area contributed by atoms with Crippen LogP contribution in [0.15, 0.2) is 34.2 Å². The highest BCUT2D eigenvalue weighted by atomic mass is 127. The number of hydrogen-bond donors (Lipinski definition) is 2. The van der Waals surface area contributed by atoms with Crippen molar-refractivity contribution in [3.8, 4) is 0 Å². The number of nitrogens with one attached hydrogen (secondary N) is 2. The number of nitrogens with zero attached hydrogens (tertiary/aromatic N) is 3. The molecule has 0 radical (unpaired) electrons. The molecule has 2 N–H and O–H groups in total. The third kappa shape index (κ3) is 9.07. The van der Waals surface area contributed by atoms with Crippen molar-refractivity contribution in [3.05, 3.63) is 29.8 Å². The predicted molar refractivity (Wildman–Crippen MR) is 136 cm³/mol. The Hall–Kier alpha value is -0.910. The van der Waals surface area contributed by atoms with Crippen LogP contribution in [0.3, 0.4) is 0 Å². The molecule has 30 heavy (non-hydrogen) atoms. The van der Waals surface area contributed by atoms with Crippen molar-refractivity contribution in [3.63, 3.8) is 0 Å². The molecule has 0 spiro atoms. The number of rotatable bonds is 9. The van der Waals surface area contributed by atoms with Gasteiger partial charge in [0, 0.05) is 51.6 Å². The van der Waals surface area contributed by atoms with E-state index in [0.29, 0.717) is 10.9 Å². The van der Waals surface area contributed by atoms with Crippen molar-refractivity contribution in [1.82, 2.24) is 20.4 Å². The largest absolute Gasteiger partial charge is 0.357 e. The maximum Gasteiger partial charge on any atom is 0.191 e. The SMILES string of the molecule is CCNC(=NCC(C)N1CCN(CC)CC1)NCCc1ccc(S(C)(=O)=O)cc1.I. The molecule has 0 bridgehead atoms. The molecular formula is C21H38IN5O2S. The summed E-state index contributed by atoms with van der Waals surface area (Å²) in [5.74, 6) is 0.833. The van der Waals surface area contributed by atoms with E-state index in [0.717, 1.165) is 70.3 Å². The van der Waals surface area contributed by atoms with Crippen LogP contribution in [0.1, 0.15) is 26.3 Å². The molecule has 1 aromatic rings. The molecular weight excluding hydrogens is 513 g/mol. The Morgan fingerprint density at radius 2 is 1.73 bits per heavy atom. The average molecular weight is 552 g/mol. The second-order valence-electron chi connectivity index (χ2n) is 7.63. The number of hydrogen-bond acceptors (Lipinski definition) is 5. The molecule has 1 aliphatic rings. The Kier molecular flexibility index (Phi) is 12.2. The van der Waals surface area contributed by atoms with Gasteiger partial charge in [0.2, 0.25) is 0 Å². The molecule has 172 valence electrons. The van der Waals surface area contributed by atoms with Gasteiger partial charge in [-0.2, -0.15) is 0 Å². The first-order valence-electron chi connectivity index (χ1n) is 10.6. The Balaban J connectivity index is 0.00000450. The maximum absolute atomic E-state index is 11.5. The summed E-state index contributed by atoms with van der Waals surface area (Å²) >= 11 is 0. The molecule has 1 fully saturated rings. The molecule has 7 nitrogen and oxygen atoms in total. The van der Waals surface area contributed by atoms with E-state index in [4.69, 9.17) is 4.99 Å². The van der Waals surface area contributed by atoms with Crippen LogP contribution in [-0.2, 0) is 16.3 Å². The van der Waals surface area contributed by atoms with Crippen LogP contribution in [0.5, 0.6) is 0 Å². The minimum absolute atomic E-state index is 0. The number of halogens is 1. The molecule has 1 aromatic carbocycles. The van der Waals surface area contributed by atoms with Gasteiger partial charge in [0.05, 0.1) is 11.4 Å². The zero-order valence-corrected chi connectivity index (χ0v) is 21.9. The van der Waals surface area contributed by atoms with Crippen molar-refractivity contribution >= 4 is 39.8 Å². The fourth-order valence-corrected chi connectivity index (χ4v) is 4.06. The van der Waals surface area contributed by atoms with Crippen LogP contribution in [0.2, 0.25) is 0 Å². The summed E-state index contributed by atoms with van der Waals surface area (Å²) in [6.45, 7) is 14.5. The molecule has 9 heteroatoms. The third-order valence-electron chi connectivity index (χ3n) is 5.39. The molecule has 1 aliphatic heterocycles. The Labute approximate surface area is 199 Å². The monoisotopic (exact) mass is 551 g/mol. The van der Waals surface area contributed by atoms with Crippen molar-refractivity contribution in [2.45, 2.75) is 38.1 Å². The first-order valence-corrected chi connectivity index (χ1v) is 12.5. The van der Waals surface area contributed by atoms with Gasteiger partial charge >= 0.3 is 0 Å². The highest BCUT2D eigenvalue weighted by Gasteiger charge is 2.19. The number of benzene rings is 1. The van der Waals surface area contributed by atoms with Crippen LogP contribution in [0, 0.1) is 0 Å². The van der Waals surface area contributed by atoms with E-state index in [1.165, 1.54) is 6.26 Å². The molecule has 0 amide bonds. The van der Waals surface area contributed by atoms with Crippen molar-refractivity contribution < 1.29 is 8.42 Å². The predicted octanol–water partition coefficient (Wildman–Crippen LogP) is 1.83. The molecule has 1 heterocycles. The second kappa shape index (κ2) is 13.5. The van der Waals surface area contributed by atoms with Crippen molar-refractivity contribution in [2.24, 2.45) is 4.99 Å². The lowest BCUT2D eigenvalue weighted by Crippen LogP contribution is -2.50. The van der Waals surface area contributed by atoms with Gasteiger partial charge in [-0.05, 0) is 44.5 Å². The minimum atomic E-state index is -3.14. The van der Waals surface area contributed by atoms with E-state index in [-0.39, 0.29) is 24.0 Å². The normalized spacial score (nSPS) is 17.3. The third-order valence-corrected chi connectivity index (χ3v) is 6.52. The quantitative estimate of drug-likeness (QED) is 0.277. The summed E-state index contributed by atoms with van der Waals surface area (Å²) in [6.07, 6.45) is 2.04. The second-order valence-corrected chi connectivity index (χ2v) is 9.65. The summed E-state index contributed by atoms with van der Waals surface area (Å²) < 4.78 is 23.1. The number of likely N-dealkylation sites (N-methyl/N-ethyl adjacent to an activating group) is 1. The number of sulfone groups is 1. The molecule has 0 aromatic heterocycles. The lowest BCUT2D eigenvalue weighted by Gasteiger charge is -2.37. The van der Waals surface area contributed by atoms with Crippen molar-refractivity contribution in [1.29, 1.82) is 0 Å². The zero-order valence-electron chi connectivity index (χ0n) is 18.7. The lowest BCUT2D eigenvalue weighted by atomic mass is 10.1. The van der Waals surface area contributed by atoms with E-state index < -0.39 is 9.84 Å². The van der Waals surface area contributed by atoms with Gasteiger partial charge < -0.3 is 15.5 Å². The summed E-state index contributed by atoms with van der Waals surface area (Å²) in [5, 5.41) is 6.69. The maximum atomic E-state index is 11.5. The molecule has 1 unspecified atom stereocenters. The van der Waals surface area contributed by atoms with Gasteiger partial charge in [0.1, 0.15) is 0 Å². The number of piperazine rings is 1. The lowest BCUT2D eigenvalue weighted by molar-refractivity contribution is 0.109. The van der Waals surface area contributed by atoms with Gasteiger partial charge in [0.25, 0.3) is 0 Å². The van der Waals surface area contributed by atoms with Gasteiger partial charge in [-0.15, -0.1) is 24.0 Å². The molecule has 0 aliphatic carbocycles. The fraction of sp³-hybridized carbons (Fsp3) is 0.667. The van der Waals surface area contributed by atoms with Crippen LogP contribution < -0.4 is 10.6 Å². The fourth-order valence-electron chi connectivity index (χ4n) is 3.43. The molecule has 1 atom stereocenters. The topological polar surface area (TPSA) is 77.0 Å². The van der Waals surface area contributed by atoms with Crippen LogP contribution in [0.4, 0.5) is 0 Å². The summed E-state index contributed by atoms with van der Waals surface area (Å²) in [4.78, 5) is 10.1. The number of aliphatic imine (C=N–C) groups is 1. The Bertz CT molecular complexity index is 747. The highest BCUT2D eigenvalue weighted by Crippen LogP contribution is 2.10. The minimum Gasteiger partial charge on any atom is -0.357 e. The molecule has 1 saturated heterocycles. The zero-order chi connectivity index (χ0) is 21.3. The van der Waals surface area contributed by atoms with Gasteiger partial charge in [-0.25, -0.2) is 8.42 Å². The Morgan fingerprint density at radius 1 is 1.10 bits per heavy atom. The standard InChI is InChI=1S/C21H37N5O2S.HI/c1-5-22-21(24-17-18(3)26-15-13-25(6-2)14-16-26)23-12-11-19-7-9-20(10-8-19)29(4,27)28;/h7-10,18H,5-6,11-17H2,1-4H3,(H2,22,23,24);1H. The van der Waals surface area contributed by atoms with E-state index in [1.807, 2.05) is 12.1 Å². The van der Waals surface area contributed by atoms with E-state index in [1.54, 1.807) is 12.1 Å². The van der Waals surface area contributed by atoms with Crippen LogP contribution in [0.25, 0.3) is 0 Å². The van der Waals surface area contributed by atoms with E-state index >= 15 is 0 Å². The van der Waals surface area contributed by atoms with Crippen LogP contribution in [-0.4, -0.2) is 88.8 Å². The van der Waals surface area contributed by atoms with E-state index in [9.17, 15) is 8.42 Å². The van der Waals surface area contributed by atoms with Crippen molar-refractivity contribution in [2.75, 3.05) is 58.6 Å². The van der Waals surface area contributed by atoms with Crippen LogP contribution >= 0.6 is 24.0 Å². The Morgan fingerprint density at radius 3 is 2.27 bits per heavy atom.